The van der Waals surface area contributed by atoms with Gasteiger partial charge in [-0.05, 0) is 19.1 Å². The molecule has 0 spiro atoms. The van der Waals surface area contributed by atoms with Gasteiger partial charge in [-0.25, -0.2) is 0 Å². The number of alkyl halides is 1. The van der Waals surface area contributed by atoms with E-state index in [1.165, 1.54) is 26.0 Å². The summed E-state index contributed by atoms with van der Waals surface area (Å²) in [5.74, 6) is -0.329. The monoisotopic (exact) mass is 383 g/mol. The maximum Gasteiger partial charge on any atom is 0.290 e. The first-order valence-electron chi connectivity index (χ1n) is 6.99. The van der Waals surface area contributed by atoms with E-state index in [2.05, 4.69) is 15.9 Å². The maximum atomic E-state index is 12.3. The molecule has 6 nitrogen and oxygen atoms in total. The Balaban J connectivity index is 2.61. The van der Waals surface area contributed by atoms with Crippen molar-refractivity contribution in [3.05, 3.63) is 35.1 Å². The van der Waals surface area contributed by atoms with Crippen LogP contribution in [-0.4, -0.2) is 47.8 Å². The lowest BCUT2D eigenvalue weighted by Gasteiger charge is -2.27. The van der Waals surface area contributed by atoms with E-state index in [4.69, 9.17) is 9.47 Å². The van der Waals surface area contributed by atoms with Crippen LogP contribution in [0.15, 0.2) is 29.5 Å². The van der Waals surface area contributed by atoms with E-state index in [1.807, 2.05) is 0 Å². The van der Waals surface area contributed by atoms with E-state index in [0.29, 0.717) is 28.9 Å². The molecule has 124 valence electrons. The molecule has 0 fully saturated rings. The van der Waals surface area contributed by atoms with Crippen LogP contribution in [0, 0.1) is 0 Å². The molecule has 23 heavy (non-hydrogen) atoms. The lowest BCUT2D eigenvalue weighted by Crippen LogP contribution is -2.32. The number of carbonyl (C=O) groups excluding carboxylic acids is 2. The number of aliphatic hydroxyl groups excluding tert-OH is 1. The first-order valence-corrected chi connectivity index (χ1v) is 8.11. The molecule has 0 unspecified atom stereocenters. The lowest BCUT2D eigenvalue weighted by molar-refractivity contribution is -0.129. The molecule has 1 aliphatic rings. The highest BCUT2D eigenvalue weighted by Gasteiger charge is 2.43. The van der Waals surface area contributed by atoms with E-state index in [9.17, 15) is 14.7 Å². The van der Waals surface area contributed by atoms with Gasteiger partial charge in [0.2, 0.25) is 0 Å². The number of Topliss-reactive ketones (excluding diaryl/α,β-unsaturated/α-hetero) is 1. The highest BCUT2D eigenvalue weighted by molar-refractivity contribution is 9.09. The fraction of sp³-hybridized carbons (Fsp3) is 0.375. The van der Waals surface area contributed by atoms with E-state index in [1.54, 1.807) is 18.2 Å². The van der Waals surface area contributed by atoms with E-state index in [0.717, 1.165) is 0 Å². The highest BCUT2D eigenvalue weighted by atomic mass is 79.9. The molecule has 0 aromatic heterocycles. The molecule has 7 heteroatoms. The number of amides is 1. The van der Waals surface area contributed by atoms with E-state index < -0.39 is 17.7 Å². The van der Waals surface area contributed by atoms with Crippen LogP contribution >= 0.6 is 15.9 Å². The minimum absolute atomic E-state index is 0.0828. The third kappa shape index (κ3) is 3.06. The molecule has 1 amide bonds. The third-order valence-electron chi connectivity index (χ3n) is 3.74. The second-order valence-corrected chi connectivity index (χ2v) is 5.81. The summed E-state index contributed by atoms with van der Waals surface area (Å²) in [4.78, 5) is 25.7. The zero-order chi connectivity index (χ0) is 17.1. The zero-order valence-corrected chi connectivity index (χ0v) is 14.7. The maximum absolute atomic E-state index is 12.3. The number of rotatable bonds is 6. The van der Waals surface area contributed by atoms with Crippen LogP contribution in [0.4, 0.5) is 0 Å². The van der Waals surface area contributed by atoms with Crippen LogP contribution in [0.5, 0.6) is 11.5 Å². The molecular formula is C16H18BrNO5. The van der Waals surface area contributed by atoms with Gasteiger partial charge in [0, 0.05) is 23.5 Å². The number of halogens is 1. The minimum atomic E-state index is -0.682. The number of carbonyl (C=O) groups is 2. The van der Waals surface area contributed by atoms with Gasteiger partial charge in [-0.2, -0.15) is 0 Å². The van der Waals surface area contributed by atoms with Gasteiger partial charge in [-0.15, -0.1) is 0 Å². The van der Waals surface area contributed by atoms with Crippen LogP contribution in [0.1, 0.15) is 18.5 Å². The summed E-state index contributed by atoms with van der Waals surface area (Å²) in [6, 6.07) is 4.46. The van der Waals surface area contributed by atoms with Gasteiger partial charge in [0.25, 0.3) is 5.91 Å². The number of ether oxygens (including phenoxy) is 2. The summed E-state index contributed by atoms with van der Waals surface area (Å²) >= 11 is 3.29. The molecule has 0 bridgehead atoms. The molecule has 1 atom stereocenters. The van der Waals surface area contributed by atoms with Gasteiger partial charge in [-0.1, -0.05) is 15.9 Å². The van der Waals surface area contributed by atoms with Crippen LogP contribution < -0.4 is 9.47 Å². The van der Waals surface area contributed by atoms with Gasteiger partial charge < -0.3 is 19.5 Å². The minimum Gasteiger partial charge on any atom is -0.503 e. The lowest BCUT2D eigenvalue weighted by atomic mass is 9.96. The zero-order valence-electron chi connectivity index (χ0n) is 13.1. The average Bonchev–Trinajstić information content (AvgIpc) is 2.79. The molecule has 1 aromatic rings. The summed E-state index contributed by atoms with van der Waals surface area (Å²) in [7, 11) is 3.04. The standard InChI is InChI=1S/C16H18BrNO5/c1-9(19)13-14(18(7-6-17)16(21)15(13)20)11-5-4-10(22-2)8-12(11)23-3/h4-5,8,14,20H,6-7H2,1-3H3/t14-/m1/s1. The third-order valence-corrected chi connectivity index (χ3v) is 4.10. The number of methoxy groups -OCH3 is 2. The van der Waals surface area contributed by atoms with Crippen molar-refractivity contribution in [1.29, 1.82) is 0 Å². The number of hydrogen-bond acceptors (Lipinski definition) is 5. The fourth-order valence-corrected chi connectivity index (χ4v) is 3.08. The second-order valence-electron chi connectivity index (χ2n) is 5.02. The van der Waals surface area contributed by atoms with E-state index >= 15 is 0 Å². The summed E-state index contributed by atoms with van der Waals surface area (Å²) in [6.07, 6.45) is 0. The molecule has 1 N–H and O–H groups in total. The number of hydrogen-bond donors (Lipinski definition) is 1. The normalized spacial score (nSPS) is 17.7. The molecule has 1 heterocycles. The van der Waals surface area contributed by atoms with Crippen molar-refractivity contribution in [3.8, 4) is 11.5 Å². The summed E-state index contributed by atoms with van der Waals surface area (Å²) < 4.78 is 10.5. The second kappa shape index (κ2) is 7.04. The first-order chi connectivity index (χ1) is 11.0. The summed E-state index contributed by atoms with van der Waals surface area (Å²) in [5, 5.41) is 10.6. The molecule has 0 saturated heterocycles. The smallest absolute Gasteiger partial charge is 0.290 e. The van der Waals surface area contributed by atoms with Gasteiger partial charge in [0.1, 0.15) is 11.5 Å². The number of ketones is 1. The number of benzene rings is 1. The molecule has 0 saturated carbocycles. The Kier molecular flexibility index (Phi) is 5.30. The van der Waals surface area contributed by atoms with Crippen molar-refractivity contribution >= 4 is 27.6 Å². The van der Waals surface area contributed by atoms with Gasteiger partial charge in [0.15, 0.2) is 11.5 Å². The highest BCUT2D eigenvalue weighted by Crippen LogP contribution is 2.42. The Labute approximate surface area is 142 Å². The molecular weight excluding hydrogens is 366 g/mol. The predicted octanol–water partition coefficient (Wildman–Crippen LogP) is 2.38. The Bertz CT molecular complexity index is 670. The fourth-order valence-electron chi connectivity index (χ4n) is 2.70. The van der Waals surface area contributed by atoms with Crippen molar-refractivity contribution in [2.45, 2.75) is 13.0 Å². The van der Waals surface area contributed by atoms with Crippen molar-refractivity contribution in [2.24, 2.45) is 0 Å². The largest absolute Gasteiger partial charge is 0.503 e. The van der Waals surface area contributed by atoms with Gasteiger partial charge in [0.05, 0.1) is 25.8 Å². The van der Waals surface area contributed by atoms with Crippen molar-refractivity contribution in [3.63, 3.8) is 0 Å². The van der Waals surface area contributed by atoms with Crippen LogP contribution in [-0.2, 0) is 9.59 Å². The molecule has 2 rings (SSSR count). The average molecular weight is 384 g/mol. The number of nitrogens with zero attached hydrogens (tertiary/aromatic N) is 1. The van der Waals surface area contributed by atoms with Gasteiger partial charge >= 0.3 is 0 Å². The van der Waals surface area contributed by atoms with Gasteiger partial charge in [-0.3, -0.25) is 9.59 Å². The molecule has 1 aromatic carbocycles. The molecule has 0 aliphatic carbocycles. The first kappa shape index (κ1) is 17.3. The summed E-state index contributed by atoms with van der Waals surface area (Å²) in [5.41, 5.74) is 0.705. The Morgan fingerprint density at radius 3 is 2.57 bits per heavy atom. The molecule has 1 aliphatic heterocycles. The van der Waals surface area contributed by atoms with Crippen molar-refractivity contribution < 1.29 is 24.2 Å². The van der Waals surface area contributed by atoms with Crippen LogP contribution in [0.2, 0.25) is 0 Å². The number of aliphatic hydroxyl groups is 1. The van der Waals surface area contributed by atoms with Crippen molar-refractivity contribution in [1.82, 2.24) is 4.90 Å². The SMILES string of the molecule is COc1ccc([C@@H]2C(C(C)=O)=C(O)C(=O)N2CCBr)c(OC)c1. The quantitative estimate of drug-likeness (QED) is 0.763. The van der Waals surface area contributed by atoms with Crippen molar-refractivity contribution in [2.75, 3.05) is 26.1 Å². The van der Waals surface area contributed by atoms with Crippen LogP contribution in [0.25, 0.3) is 0 Å². The Morgan fingerprint density at radius 1 is 1.35 bits per heavy atom. The van der Waals surface area contributed by atoms with E-state index in [-0.39, 0.29) is 11.4 Å². The van der Waals surface area contributed by atoms with Crippen LogP contribution in [0.3, 0.4) is 0 Å². The molecule has 0 radical (unpaired) electrons. The predicted molar refractivity (Wildman–Crippen MR) is 88.1 cm³/mol. The summed E-state index contributed by atoms with van der Waals surface area (Å²) in [6.45, 7) is 1.68. The Hall–Kier alpha value is -2.02. The topological polar surface area (TPSA) is 76.1 Å². The Morgan fingerprint density at radius 2 is 2.04 bits per heavy atom.